The molecule has 0 radical (unpaired) electrons. The predicted molar refractivity (Wildman–Crippen MR) is 84.4 cm³/mol. The molecule has 0 saturated carbocycles. The fourth-order valence-corrected chi connectivity index (χ4v) is 2.80. The second kappa shape index (κ2) is 6.85. The summed E-state index contributed by atoms with van der Waals surface area (Å²) >= 11 is 0. The molecule has 0 unspecified atom stereocenters. The second-order valence-corrected chi connectivity index (χ2v) is 6.39. The molecule has 1 aliphatic carbocycles. The summed E-state index contributed by atoms with van der Waals surface area (Å²) in [6.07, 6.45) is 12.0. The van der Waals surface area contributed by atoms with E-state index in [1.54, 1.807) is 19.1 Å². The minimum Gasteiger partial charge on any atom is -0.389 e. The maximum absolute atomic E-state index is 10.8. The maximum Gasteiger partial charge on any atom is 0.152 e. The van der Waals surface area contributed by atoms with E-state index in [1.807, 2.05) is 19.1 Å². The van der Waals surface area contributed by atoms with Gasteiger partial charge in [-0.25, -0.2) is 0 Å². The van der Waals surface area contributed by atoms with Crippen molar-refractivity contribution in [2.45, 2.75) is 47.1 Å². The molecule has 2 heteroatoms. The van der Waals surface area contributed by atoms with Crippen LogP contribution in [-0.4, -0.2) is 17.0 Å². The van der Waals surface area contributed by atoms with Crippen LogP contribution in [0.4, 0.5) is 0 Å². The van der Waals surface area contributed by atoms with Crippen molar-refractivity contribution in [3.8, 4) is 0 Å². The first kappa shape index (κ1) is 16.6. The lowest BCUT2D eigenvalue weighted by Crippen LogP contribution is -2.32. The number of aliphatic hydroxyl groups is 1. The number of carbonyl (C=O) groups is 1. The summed E-state index contributed by atoms with van der Waals surface area (Å²) in [4.78, 5) is 10.8. The molecule has 0 aliphatic heterocycles. The molecular formula is C18H26O2. The SMILES string of the molecule is CC(=O)/C=C/C=C(C)/C=C/[C@H]1C(C)=C[C@H](O)CC1(C)C. The van der Waals surface area contributed by atoms with Gasteiger partial charge < -0.3 is 5.11 Å². The van der Waals surface area contributed by atoms with E-state index in [-0.39, 0.29) is 17.3 Å². The molecule has 0 bridgehead atoms. The molecule has 1 N–H and O–H groups in total. The van der Waals surface area contributed by atoms with Crippen LogP contribution in [0.25, 0.3) is 0 Å². The number of hydrogen-bond donors (Lipinski definition) is 1. The monoisotopic (exact) mass is 274 g/mol. The smallest absolute Gasteiger partial charge is 0.152 e. The van der Waals surface area contributed by atoms with Gasteiger partial charge in [-0.3, -0.25) is 4.79 Å². The van der Waals surface area contributed by atoms with Gasteiger partial charge in [0.2, 0.25) is 0 Å². The Kier molecular flexibility index (Phi) is 5.70. The Morgan fingerprint density at radius 2 is 2.00 bits per heavy atom. The number of hydrogen-bond acceptors (Lipinski definition) is 2. The van der Waals surface area contributed by atoms with Crippen LogP contribution < -0.4 is 0 Å². The predicted octanol–water partition coefficient (Wildman–Crippen LogP) is 3.99. The molecule has 1 aliphatic rings. The number of rotatable bonds is 4. The topological polar surface area (TPSA) is 37.3 Å². The Balaban J connectivity index is 2.83. The van der Waals surface area contributed by atoms with Crippen molar-refractivity contribution >= 4 is 5.78 Å². The van der Waals surface area contributed by atoms with Gasteiger partial charge >= 0.3 is 0 Å². The van der Waals surface area contributed by atoms with E-state index in [0.717, 1.165) is 12.0 Å². The van der Waals surface area contributed by atoms with Crippen molar-refractivity contribution in [1.82, 2.24) is 0 Å². The van der Waals surface area contributed by atoms with Crippen LogP contribution in [0.5, 0.6) is 0 Å². The molecule has 110 valence electrons. The highest BCUT2D eigenvalue weighted by Gasteiger charge is 2.34. The summed E-state index contributed by atoms with van der Waals surface area (Å²) in [6, 6.07) is 0. The zero-order valence-electron chi connectivity index (χ0n) is 13.2. The Morgan fingerprint density at radius 3 is 2.55 bits per heavy atom. The van der Waals surface area contributed by atoms with Crippen LogP contribution in [0.1, 0.15) is 41.0 Å². The normalized spacial score (nSPS) is 27.1. The highest BCUT2D eigenvalue weighted by Crippen LogP contribution is 2.41. The summed E-state index contributed by atoms with van der Waals surface area (Å²) in [7, 11) is 0. The first-order valence-electron chi connectivity index (χ1n) is 7.12. The van der Waals surface area contributed by atoms with Crippen molar-refractivity contribution in [2.24, 2.45) is 11.3 Å². The standard InChI is InChI=1S/C18H26O2/c1-13(7-6-8-15(3)19)9-10-17-14(2)11-16(20)12-18(17,4)5/h6-11,16-17,20H,12H2,1-5H3/b8-6+,10-9+,13-7+/t16-,17-/m0/s1. The Bertz CT molecular complexity index is 476. The zero-order valence-corrected chi connectivity index (χ0v) is 13.2. The molecule has 0 aromatic heterocycles. The van der Waals surface area contributed by atoms with Gasteiger partial charge in [0.1, 0.15) is 0 Å². The van der Waals surface area contributed by atoms with Crippen LogP contribution in [0.3, 0.4) is 0 Å². The molecule has 1 rings (SSSR count). The molecule has 2 nitrogen and oxygen atoms in total. The molecule has 0 saturated heterocycles. The fraction of sp³-hybridized carbons (Fsp3) is 0.500. The Hall–Kier alpha value is -1.41. The summed E-state index contributed by atoms with van der Waals surface area (Å²) in [5.41, 5.74) is 2.39. The first-order valence-corrected chi connectivity index (χ1v) is 7.12. The highest BCUT2D eigenvalue weighted by molar-refractivity contribution is 5.87. The highest BCUT2D eigenvalue weighted by atomic mass is 16.3. The first-order chi connectivity index (χ1) is 9.22. The number of carbonyl (C=O) groups excluding carboxylic acids is 1. The van der Waals surface area contributed by atoms with Gasteiger partial charge in [0.25, 0.3) is 0 Å². The van der Waals surface area contributed by atoms with Gasteiger partial charge in [-0.1, -0.05) is 55.4 Å². The molecular weight excluding hydrogens is 248 g/mol. The molecule has 0 spiro atoms. The largest absolute Gasteiger partial charge is 0.389 e. The lowest BCUT2D eigenvalue weighted by atomic mass is 9.67. The van der Waals surface area contributed by atoms with Crippen molar-refractivity contribution < 1.29 is 9.90 Å². The van der Waals surface area contributed by atoms with E-state index >= 15 is 0 Å². The lowest BCUT2D eigenvalue weighted by molar-refractivity contribution is -0.112. The van der Waals surface area contributed by atoms with Gasteiger partial charge in [0, 0.05) is 5.92 Å². The van der Waals surface area contributed by atoms with Crippen LogP contribution in [0, 0.1) is 11.3 Å². The van der Waals surface area contributed by atoms with E-state index in [1.165, 1.54) is 5.57 Å². The zero-order chi connectivity index (χ0) is 15.3. The van der Waals surface area contributed by atoms with Crippen LogP contribution in [0.15, 0.2) is 47.6 Å². The molecule has 0 aromatic carbocycles. The Morgan fingerprint density at radius 1 is 1.35 bits per heavy atom. The molecule has 2 atom stereocenters. The van der Waals surface area contributed by atoms with Gasteiger partial charge in [-0.15, -0.1) is 0 Å². The summed E-state index contributed by atoms with van der Waals surface area (Å²) < 4.78 is 0. The van der Waals surface area contributed by atoms with E-state index in [9.17, 15) is 9.90 Å². The van der Waals surface area contributed by atoms with Gasteiger partial charge in [-0.05, 0) is 38.7 Å². The summed E-state index contributed by atoms with van der Waals surface area (Å²) in [6.45, 7) is 10.0. The lowest BCUT2D eigenvalue weighted by Gasteiger charge is -2.38. The third-order valence-electron chi connectivity index (χ3n) is 3.76. The van der Waals surface area contributed by atoms with Gasteiger partial charge in [0.05, 0.1) is 6.10 Å². The average molecular weight is 274 g/mol. The van der Waals surface area contributed by atoms with Crippen molar-refractivity contribution in [1.29, 1.82) is 0 Å². The van der Waals surface area contributed by atoms with Crippen molar-refractivity contribution in [3.63, 3.8) is 0 Å². The quantitative estimate of drug-likeness (QED) is 0.478. The van der Waals surface area contributed by atoms with Crippen molar-refractivity contribution in [3.05, 3.63) is 47.6 Å². The second-order valence-electron chi connectivity index (χ2n) is 6.39. The van der Waals surface area contributed by atoms with Crippen molar-refractivity contribution in [2.75, 3.05) is 0 Å². The maximum atomic E-state index is 10.8. The number of allylic oxidation sites excluding steroid dienone is 7. The molecule has 0 fully saturated rings. The van der Waals surface area contributed by atoms with Crippen LogP contribution in [0.2, 0.25) is 0 Å². The van der Waals surface area contributed by atoms with Crippen LogP contribution in [-0.2, 0) is 4.79 Å². The van der Waals surface area contributed by atoms with E-state index in [4.69, 9.17) is 0 Å². The van der Waals surface area contributed by atoms with E-state index in [0.29, 0.717) is 5.92 Å². The minimum atomic E-state index is -0.329. The molecule has 0 aromatic rings. The molecule has 0 heterocycles. The van der Waals surface area contributed by atoms with Gasteiger partial charge in [-0.2, -0.15) is 0 Å². The Labute approximate surface area is 122 Å². The third-order valence-corrected chi connectivity index (χ3v) is 3.76. The summed E-state index contributed by atoms with van der Waals surface area (Å²) in [5, 5.41) is 9.83. The van der Waals surface area contributed by atoms with Crippen LogP contribution >= 0.6 is 0 Å². The van der Waals surface area contributed by atoms with Gasteiger partial charge in [0.15, 0.2) is 5.78 Å². The number of aliphatic hydroxyl groups excluding tert-OH is 1. The van der Waals surface area contributed by atoms with E-state index in [2.05, 4.69) is 32.9 Å². The summed E-state index contributed by atoms with van der Waals surface area (Å²) in [5.74, 6) is 0.394. The fourth-order valence-electron chi connectivity index (χ4n) is 2.80. The minimum absolute atomic E-state index is 0.0548. The average Bonchev–Trinajstić information content (AvgIpc) is 2.25. The molecule has 20 heavy (non-hydrogen) atoms. The third kappa shape index (κ3) is 4.93. The number of ketones is 1. The molecule has 0 amide bonds. The van der Waals surface area contributed by atoms with E-state index < -0.39 is 0 Å².